The van der Waals surface area contributed by atoms with E-state index < -0.39 is 20.0 Å². The molecule has 0 bridgehead atoms. The second-order valence-electron chi connectivity index (χ2n) is 13.2. The number of likely N-dealkylation sites (N-methyl/N-ethyl adjacent to an activating group) is 1. The first-order chi connectivity index (χ1) is 21.0. The second-order valence-corrected chi connectivity index (χ2v) is 14.7. The Balaban J connectivity index is 4.61. The fraction of sp³-hybridized carbons (Fsp3) is 0.857. The molecule has 0 radical (unpaired) electrons. The van der Waals surface area contributed by atoms with Gasteiger partial charge in [-0.25, -0.2) is 4.57 Å². The molecule has 0 saturated carbocycles. The average Bonchev–Trinajstić information content (AvgIpc) is 2.95. The maximum absolute atomic E-state index is 12.7. The number of carbonyl (C=O) groups excluding carboxylic acids is 1. The molecule has 8 nitrogen and oxygen atoms in total. The summed E-state index contributed by atoms with van der Waals surface area (Å²) in [6, 6.07) is -0.842. The van der Waals surface area contributed by atoms with Crippen molar-refractivity contribution < 1.29 is 32.9 Å². The highest BCUT2D eigenvalue weighted by Gasteiger charge is 2.27. The summed E-state index contributed by atoms with van der Waals surface area (Å²) in [4.78, 5) is 22.8. The topological polar surface area (TPSA) is 105 Å². The van der Waals surface area contributed by atoms with Crippen molar-refractivity contribution in [2.45, 2.75) is 154 Å². The number of hydrogen-bond donors (Lipinski definition) is 3. The fourth-order valence-electron chi connectivity index (χ4n) is 4.75. The largest absolute Gasteiger partial charge is 0.472 e. The van der Waals surface area contributed by atoms with Gasteiger partial charge in [0.15, 0.2) is 0 Å². The van der Waals surface area contributed by atoms with Crippen molar-refractivity contribution in [2.75, 3.05) is 40.9 Å². The van der Waals surface area contributed by atoms with Gasteiger partial charge in [-0.05, 0) is 38.5 Å². The predicted molar refractivity (Wildman–Crippen MR) is 185 cm³/mol. The summed E-state index contributed by atoms with van der Waals surface area (Å²) >= 11 is 0. The summed E-state index contributed by atoms with van der Waals surface area (Å²) in [5, 5.41) is 13.7. The van der Waals surface area contributed by atoms with E-state index in [0.29, 0.717) is 17.4 Å². The quantitative estimate of drug-likeness (QED) is 0.0302. The van der Waals surface area contributed by atoms with Crippen molar-refractivity contribution >= 4 is 13.7 Å². The molecule has 3 atom stereocenters. The summed E-state index contributed by atoms with van der Waals surface area (Å²) in [5.41, 5.74) is 0. The number of nitrogens with one attached hydrogen (secondary N) is 1. The van der Waals surface area contributed by atoms with Crippen molar-refractivity contribution in [1.82, 2.24) is 5.32 Å². The van der Waals surface area contributed by atoms with Crippen molar-refractivity contribution in [3.05, 3.63) is 24.3 Å². The van der Waals surface area contributed by atoms with Crippen LogP contribution in [-0.2, 0) is 18.4 Å². The van der Waals surface area contributed by atoms with Crippen LogP contribution in [0.5, 0.6) is 0 Å². The van der Waals surface area contributed by atoms with Crippen LogP contribution in [0, 0.1) is 0 Å². The minimum absolute atomic E-state index is 0.0609. The van der Waals surface area contributed by atoms with Crippen LogP contribution in [0.25, 0.3) is 0 Å². The van der Waals surface area contributed by atoms with E-state index in [-0.39, 0.29) is 19.1 Å². The zero-order valence-corrected chi connectivity index (χ0v) is 30.0. The van der Waals surface area contributed by atoms with Crippen molar-refractivity contribution in [1.29, 1.82) is 0 Å². The molecule has 0 aliphatic rings. The van der Waals surface area contributed by atoms with Crippen LogP contribution in [0.1, 0.15) is 142 Å². The van der Waals surface area contributed by atoms with E-state index in [2.05, 4.69) is 31.3 Å². The molecule has 1 amide bonds. The third kappa shape index (κ3) is 29.7. The highest BCUT2D eigenvalue weighted by Crippen LogP contribution is 2.43. The Hall–Kier alpha value is -1.02. The smallest absolute Gasteiger partial charge is 0.387 e. The molecule has 0 fully saturated rings. The fourth-order valence-corrected chi connectivity index (χ4v) is 5.48. The first-order valence-corrected chi connectivity index (χ1v) is 19.2. The van der Waals surface area contributed by atoms with Gasteiger partial charge >= 0.3 is 7.82 Å². The highest BCUT2D eigenvalue weighted by molar-refractivity contribution is 7.47. The molecule has 0 heterocycles. The number of phosphoric acid groups is 1. The van der Waals surface area contributed by atoms with Gasteiger partial charge in [0.05, 0.1) is 39.9 Å². The number of aliphatic hydroxyl groups is 1. The molecule has 44 heavy (non-hydrogen) atoms. The van der Waals surface area contributed by atoms with E-state index in [9.17, 15) is 19.4 Å². The summed E-state index contributed by atoms with van der Waals surface area (Å²) in [7, 11) is 1.56. The molecule has 1 unspecified atom stereocenters. The molecule has 0 aromatic rings. The van der Waals surface area contributed by atoms with Crippen LogP contribution in [0.15, 0.2) is 24.3 Å². The molecule has 3 N–H and O–H groups in total. The Morgan fingerprint density at radius 1 is 0.750 bits per heavy atom. The van der Waals surface area contributed by atoms with Crippen LogP contribution in [0.2, 0.25) is 0 Å². The molecule has 0 spiro atoms. The zero-order chi connectivity index (χ0) is 32.9. The molecule has 260 valence electrons. The summed E-state index contributed by atoms with van der Waals surface area (Å²) in [6.45, 7) is 4.70. The van der Waals surface area contributed by atoms with E-state index in [0.717, 1.165) is 38.5 Å². The van der Waals surface area contributed by atoms with E-state index >= 15 is 0 Å². The first kappa shape index (κ1) is 43.0. The van der Waals surface area contributed by atoms with E-state index in [1.807, 2.05) is 27.2 Å². The van der Waals surface area contributed by atoms with Crippen molar-refractivity contribution in [2.24, 2.45) is 0 Å². The molecule has 0 saturated heterocycles. The zero-order valence-electron chi connectivity index (χ0n) is 29.1. The van der Waals surface area contributed by atoms with Crippen LogP contribution in [-0.4, -0.2) is 73.4 Å². The lowest BCUT2D eigenvalue weighted by Crippen LogP contribution is -2.45. The number of nitrogens with zero attached hydrogens (tertiary/aromatic N) is 1. The highest BCUT2D eigenvalue weighted by atomic mass is 31.2. The lowest BCUT2D eigenvalue weighted by molar-refractivity contribution is -0.870. The Morgan fingerprint density at radius 3 is 1.84 bits per heavy atom. The van der Waals surface area contributed by atoms with Gasteiger partial charge in [0, 0.05) is 6.42 Å². The first-order valence-electron chi connectivity index (χ1n) is 17.7. The minimum atomic E-state index is -4.32. The molecule has 0 rings (SSSR count). The lowest BCUT2D eigenvalue weighted by atomic mass is 10.1. The van der Waals surface area contributed by atoms with Crippen LogP contribution in [0.4, 0.5) is 0 Å². The Morgan fingerprint density at radius 2 is 1.27 bits per heavy atom. The summed E-state index contributed by atoms with van der Waals surface area (Å²) in [6.07, 6.45) is 29.5. The lowest BCUT2D eigenvalue weighted by Gasteiger charge is -2.25. The summed E-state index contributed by atoms with van der Waals surface area (Å²) in [5.74, 6) is -0.187. The van der Waals surface area contributed by atoms with Gasteiger partial charge in [0.2, 0.25) is 5.91 Å². The van der Waals surface area contributed by atoms with Gasteiger partial charge in [-0.1, -0.05) is 122 Å². The van der Waals surface area contributed by atoms with Crippen molar-refractivity contribution in [3.63, 3.8) is 0 Å². The number of aliphatic hydroxyl groups excluding tert-OH is 1. The Bertz CT molecular complexity index is 784. The second kappa shape index (κ2) is 28.2. The predicted octanol–water partition coefficient (Wildman–Crippen LogP) is 8.63. The number of rotatable bonds is 31. The number of quaternary nitrogens is 1. The normalized spacial score (nSPS) is 15.2. The molecule has 0 aromatic carbocycles. The Labute approximate surface area is 271 Å². The van der Waals surface area contributed by atoms with Crippen LogP contribution in [0.3, 0.4) is 0 Å². The van der Waals surface area contributed by atoms with Crippen molar-refractivity contribution in [3.8, 4) is 0 Å². The third-order valence-corrected chi connectivity index (χ3v) is 8.63. The van der Waals surface area contributed by atoms with Gasteiger partial charge in [-0.2, -0.15) is 0 Å². The van der Waals surface area contributed by atoms with Gasteiger partial charge in [0.25, 0.3) is 0 Å². The van der Waals surface area contributed by atoms with E-state index in [1.165, 1.54) is 83.5 Å². The maximum atomic E-state index is 12.7. The number of phosphoric ester groups is 1. The van der Waals surface area contributed by atoms with Gasteiger partial charge in [0.1, 0.15) is 13.2 Å². The number of carbonyl (C=O) groups is 1. The van der Waals surface area contributed by atoms with Crippen LogP contribution < -0.4 is 5.32 Å². The molecule has 9 heteroatoms. The third-order valence-electron chi connectivity index (χ3n) is 7.65. The molecular weight excluding hydrogens is 575 g/mol. The number of hydrogen-bond acceptors (Lipinski definition) is 5. The number of unbranched alkanes of at least 4 members (excludes halogenated alkanes) is 16. The molecule has 0 aromatic heterocycles. The number of allylic oxidation sites excluding steroid dienone is 3. The van der Waals surface area contributed by atoms with E-state index in [4.69, 9.17) is 9.05 Å². The van der Waals surface area contributed by atoms with Gasteiger partial charge in [-0.15, -0.1) is 0 Å². The maximum Gasteiger partial charge on any atom is 0.472 e. The average molecular weight is 646 g/mol. The monoisotopic (exact) mass is 645 g/mol. The van der Waals surface area contributed by atoms with E-state index in [1.54, 1.807) is 6.08 Å². The Kier molecular flexibility index (Phi) is 27.6. The molecule has 0 aliphatic carbocycles. The van der Waals surface area contributed by atoms with Gasteiger partial charge < -0.3 is 19.8 Å². The van der Waals surface area contributed by atoms with Crippen LogP contribution >= 0.6 is 7.82 Å². The summed E-state index contributed by atoms with van der Waals surface area (Å²) < 4.78 is 23.4. The SMILES string of the molecule is CCC/C=C/CCCCCCCC/C=C/[C@@H](O)[C@H](COP(=O)(O)OCC[N+](C)(C)C)NC(=O)CCCCCCCCCCC. The molecule has 0 aliphatic heterocycles. The number of amides is 1. The minimum Gasteiger partial charge on any atom is -0.387 e. The standard InChI is InChI=1S/C35H69N2O6P/c1-6-8-10-12-14-16-17-18-19-21-22-24-26-28-34(38)33(32-43-44(40,41)42-31-30-37(3,4)5)36-35(39)29-27-25-23-20-15-13-11-9-7-2/h10,12,26,28,33-34,38H,6-9,11,13-25,27,29-32H2,1-5H3,(H-,36,39,40,41)/p+1/b12-10+,28-26+/t33-,34+/m0/s1. The van der Waals surface area contributed by atoms with Gasteiger partial charge in [-0.3, -0.25) is 13.8 Å². The molecular formula is C35H70N2O6P+.